The van der Waals surface area contributed by atoms with E-state index in [0.717, 1.165) is 5.56 Å². The molecule has 0 bridgehead atoms. The summed E-state index contributed by atoms with van der Waals surface area (Å²) in [5.74, 6) is 0.441. The number of carbonyl (C=O) groups is 1. The molecular formula is C15H15Cl2N3O. The number of carbonyl (C=O) groups excluding carboxylic acids is 1. The van der Waals surface area contributed by atoms with Crippen LogP contribution in [-0.4, -0.2) is 29.9 Å². The SMILES string of the molecule is CNc1cc(C(=O)N(C)Cc2ccc(Cl)cc2)cc(Cl)n1. The van der Waals surface area contributed by atoms with E-state index in [2.05, 4.69) is 10.3 Å². The Hall–Kier alpha value is -1.78. The Balaban J connectivity index is 2.15. The first kappa shape index (κ1) is 15.6. The van der Waals surface area contributed by atoms with Gasteiger partial charge in [0.05, 0.1) is 0 Å². The quantitative estimate of drug-likeness (QED) is 0.872. The lowest BCUT2D eigenvalue weighted by atomic mass is 10.2. The van der Waals surface area contributed by atoms with Gasteiger partial charge in [0.2, 0.25) is 0 Å². The van der Waals surface area contributed by atoms with Gasteiger partial charge in [0, 0.05) is 31.2 Å². The fourth-order valence-corrected chi connectivity index (χ4v) is 2.24. The van der Waals surface area contributed by atoms with Crippen molar-refractivity contribution in [3.63, 3.8) is 0 Å². The number of hydrogen-bond donors (Lipinski definition) is 1. The lowest BCUT2D eigenvalue weighted by Crippen LogP contribution is -2.26. The van der Waals surface area contributed by atoms with Crippen LogP contribution in [0.4, 0.5) is 5.82 Å². The van der Waals surface area contributed by atoms with Crippen LogP contribution < -0.4 is 5.32 Å². The van der Waals surface area contributed by atoms with Crippen molar-refractivity contribution in [3.8, 4) is 0 Å². The molecule has 21 heavy (non-hydrogen) atoms. The van der Waals surface area contributed by atoms with Crippen LogP contribution >= 0.6 is 23.2 Å². The Morgan fingerprint density at radius 3 is 2.52 bits per heavy atom. The van der Waals surface area contributed by atoms with Crippen LogP contribution in [-0.2, 0) is 6.54 Å². The van der Waals surface area contributed by atoms with E-state index >= 15 is 0 Å². The van der Waals surface area contributed by atoms with Crippen molar-refractivity contribution in [2.45, 2.75) is 6.54 Å². The Kier molecular flexibility index (Phi) is 5.04. The third-order valence-corrected chi connectivity index (χ3v) is 3.42. The number of nitrogens with zero attached hydrogens (tertiary/aromatic N) is 2. The molecule has 0 atom stereocenters. The zero-order valence-corrected chi connectivity index (χ0v) is 13.2. The summed E-state index contributed by atoms with van der Waals surface area (Å²) >= 11 is 11.8. The molecule has 1 amide bonds. The maximum atomic E-state index is 12.4. The highest BCUT2D eigenvalue weighted by atomic mass is 35.5. The number of rotatable bonds is 4. The van der Waals surface area contributed by atoms with E-state index < -0.39 is 0 Å². The number of amides is 1. The average Bonchev–Trinajstić information content (AvgIpc) is 2.48. The van der Waals surface area contributed by atoms with Gasteiger partial charge in [-0.15, -0.1) is 0 Å². The van der Waals surface area contributed by atoms with Crippen molar-refractivity contribution in [2.75, 3.05) is 19.4 Å². The fourth-order valence-electron chi connectivity index (χ4n) is 1.90. The third kappa shape index (κ3) is 4.09. The van der Waals surface area contributed by atoms with Gasteiger partial charge in [-0.2, -0.15) is 0 Å². The van der Waals surface area contributed by atoms with Crippen LogP contribution in [0.15, 0.2) is 36.4 Å². The van der Waals surface area contributed by atoms with Crippen LogP contribution in [0.2, 0.25) is 10.2 Å². The zero-order chi connectivity index (χ0) is 15.4. The highest BCUT2D eigenvalue weighted by Gasteiger charge is 2.14. The summed E-state index contributed by atoms with van der Waals surface area (Å²) in [6.45, 7) is 0.491. The largest absolute Gasteiger partial charge is 0.373 e. The van der Waals surface area contributed by atoms with Gasteiger partial charge in [-0.05, 0) is 29.8 Å². The number of nitrogens with one attached hydrogen (secondary N) is 1. The van der Waals surface area contributed by atoms with Gasteiger partial charge in [0.1, 0.15) is 11.0 Å². The monoisotopic (exact) mass is 323 g/mol. The normalized spacial score (nSPS) is 10.3. The Labute approximate surface area is 133 Å². The molecule has 1 heterocycles. The lowest BCUT2D eigenvalue weighted by Gasteiger charge is -2.18. The molecule has 2 rings (SSSR count). The van der Waals surface area contributed by atoms with Crippen molar-refractivity contribution in [2.24, 2.45) is 0 Å². The number of halogens is 2. The molecule has 6 heteroatoms. The summed E-state index contributed by atoms with van der Waals surface area (Å²) < 4.78 is 0. The fraction of sp³-hybridized carbons (Fsp3) is 0.200. The van der Waals surface area contributed by atoms with Crippen LogP contribution in [0.5, 0.6) is 0 Å². The first-order valence-corrected chi connectivity index (χ1v) is 7.10. The van der Waals surface area contributed by atoms with Gasteiger partial charge >= 0.3 is 0 Å². The molecule has 0 aliphatic rings. The molecule has 0 saturated carbocycles. The smallest absolute Gasteiger partial charge is 0.254 e. The third-order valence-electron chi connectivity index (χ3n) is 2.98. The highest BCUT2D eigenvalue weighted by molar-refractivity contribution is 6.30. The summed E-state index contributed by atoms with van der Waals surface area (Å²) in [4.78, 5) is 18.1. The van der Waals surface area contributed by atoms with Crippen molar-refractivity contribution in [1.82, 2.24) is 9.88 Å². The number of hydrogen-bond acceptors (Lipinski definition) is 3. The predicted molar refractivity (Wildman–Crippen MR) is 86.0 cm³/mol. The lowest BCUT2D eigenvalue weighted by molar-refractivity contribution is 0.0785. The summed E-state index contributed by atoms with van der Waals surface area (Å²) in [7, 11) is 3.47. The minimum absolute atomic E-state index is 0.120. The van der Waals surface area contributed by atoms with Gasteiger partial charge in [0.25, 0.3) is 5.91 Å². The first-order valence-electron chi connectivity index (χ1n) is 6.35. The molecule has 110 valence electrons. The van der Waals surface area contributed by atoms with Crippen molar-refractivity contribution in [3.05, 3.63) is 57.7 Å². The second kappa shape index (κ2) is 6.78. The molecule has 1 aromatic heterocycles. The second-order valence-electron chi connectivity index (χ2n) is 4.60. The maximum Gasteiger partial charge on any atom is 0.254 e. The molecule has 0 fully saturated rings. The van der Waals surface area contributed by atoms with E-state index in [9.17, 15) is 4.79 Å². The van der Waals surface area contributed by atoms with Gasteiger partial charge in [-0.1, -0.05) is 35.3 Å². The minimum Gasteiger partial charge on any atom is -0.373 e. The number of anilines is 1. The molecule has 0 aliphatic carbocycles. The van der Waals surface area contributed by atoms with E-state index in [0.29, 0.717) is 22.9 Å². The summed E-state index contributed by atoms with van der Waals surface area (Å²) in [6, 6.07) is 10.6. The van der Waals surface area contributed by atoms with Crippen molar-refractivity contribution < 1.29 is 4.79 Å². The Morgan fingerprint density at radius 1 is 1.24 bits per heavy atom. The molecule has 0 saturated heterocycles. The topological polar surface area (TPSA) is 45.2 Å². The second-order valence-corrected chi connectivity index (χ2v) is 5.43. The summed E-state index contributed by atoms with van der Waals surface area (Å²) in [5, 5.41) is 3.83. The van der Waals surface area contributed by atoms with E-state index in [1.807, 2.05) is 12.1 Å². The standard InChI is InChI=1S/C15H15Cl2N3O/c1-18-14-8-11(7-13(17)19-14)15(21)20(2)9-10-3-5-12(16)6-4-10/h3-8H,9H2,1-2H3,(H,18,19). The Morgan fingerprint density at radius 2 is 1.90 bits per heavy atom. The molecule has 2 aromatic rings. The van der Waals surface area contributed by atoms with Crippen LogP contribution in [0, 0.1) is 0 Å². The van der Waals surface area contributed by atoms with Crippen LogP contribution in [0.25, 0.3) is 0 Å². The Bertz CT molecular complexity index is 644. The molecule has 0 radical (unpaired) electrons. The average molecular weight is 324 g/mol. The van der Waals surface area contributed by atoms with Gasteiger partial charge in [0.15, 0.2) is 0 Å². The molecule has 1 aromatic carbocycles. The predicted octanol–water partition coefficient (Wildman–Crippen LogP) is 3.70. The minimum atomic E-state index is -0.120. The zero-order valence-electron chi connectivity index (χ0n) is 11.7. The molecule has 1 N–H and O–H groups in total. The molecule has 0 aliphatic heterocycles. The van der Waals surface area contributed by atoms with Crippen LogP contribution in [0.1, 0.15) is 15.9 Å². The van der Waals surface area contributed by atoms with Crippen molar-refractivity contribution in [1.29, 1.82) is 0 Å². The van der Waals surface area contributed by atoms with E-state index in [-0.39, 0.29) is 11.1 Å². The van der Waals surface area contributed by atoms with E-state index in [1.165, 1.54) is 0 Å². The number of pyridine rings is 1. The van der Waals surface area contributed by atoms with Gasteiger partial charge in [-0.25, -0.2) is 4.98 Å². The van der Waals surface area contributed by atoms with E-state index in [1.54, 1.807) is 43.3 Å². The molecule has 0 spiro atoms. The highest BCUT2D eigenvalue weighted by Crippen LogP contribution is 2.17. The van der Waals surface area contributed by atoms with E-state index in [4.69, 9.17) is 23.2 Å². The number of benzene rings is 1. The van der Waals surface area contributed by atoms with Gasteiger partial charge < -0.3 is 10.2 Å². The maximum absolute atomic E-state index is 12.4. The molecular weight excluding hydrogens is 309 g/mol. The summed E-state index contributed by atoms with van der Waals surface area (Å²) in [5.41, 5.74) is 1.50. The number of aromatic nitrogens is 1. The molecule has 0 unspecified atom stereocenters. The molecule has 4 nitrogen and oxygen atoms in total. The van der Waals surface area contributed by atoms with Crippen LogP contribution in [0.3, 0.4) is 0 Å². The van der Waals surface area contributed by atoms with Gasteiger partial charge in [-0.3, -0.25) is 4.79 Å². The van der Waals surface area contributed by atoms with Crippen molar-refractivity contribution >= 4 is 34.9 Å². The first-order chi connectivity index (χ1) is 9.99. The summed E-state index contributed by atoms with van der Waals surface area (Å²) in [6.07, 6.45) is 0.